The molecule has 0 aliphatic heterocycles. The van der Waals surface area contributed by atoms with Crippen LogP contribution >= 0.6 is 0 Å². The molecule has 0 bridgehead atoms. The van der Waals surface area contributed by atoms with E-state index in [9.17, 15) is 0 Å². The smallest absolute Gasteiger partial charge is 0.0635 e. The standard InChI is InChI=1S/C14H22N4/c1-12(2)11-18(9-3-6-15)14(10-16)13-4-7-17-8-5-13/h4-5,7-8,12,14H,3,9-11,16H2,1-2H3. The molecule has 1 heterocycles. The molecule has 0 aliphatic rings. The number of hydrogen-bond donors (Lipinski definition) is 1. The fraction of sp³-hybridized carbons (Fsp3) is 0.571. The second-order valence-electron chi connectivity index (χ2n) is 4.83. The van der Waals surface area contributed by atoms with Crippen LogP contribution in [0.4, 0.5) is 0 Å². The van der Waals surface area contributed by atoms with E-state index in [-0.39, 0.29) is 6.04 Å². The zero-order valence-corrected chi connectivity index (χ0v) is 11.2. The summed E-state index contributed by atoms with van der Waals surface area (Å²) >= 11 is 0. The van der Waals surface area contributed by atoms with Crippen molar-refractivity contribution in [1.82, 2.24) is 9.88 Å². The minimum absolute atomic E-state index is 0.170. The quantitative estimate of drug-likeness (QED) is 0.798. The van der Waals surface area contributed by atoms with Crippen LogP contribution in [0.2, 0.25) is 0 Å². The zero-order chi connectivity index (χ0) is 13.4. The molecule has 0 radical (unpaired) electrons. The molecule has 2 N–H and O–H groups in total. The molecule has 98 valence electrons. The highest BCUT2D eigenvalue weighted by atomic mass is 15.2. The number of pyridine rings is 1. The monoisotopic (exact) mass is 246 g/mol. The zero-order valence-electron chi connectivity index (χ0n) is 11.2. The van der Waals surface area contributed by atoms with E-state index < -0.39 is 0 Å². The van der Waals surface area contributed by atoms with Gasteiger partial charge in [0, 0.05) is 44.5 Å². The third-order valence-corrected chi connectivity index (χ3v) is 2.87. The predicted octanol–water partition coefficient (Wildman–Crippen LogP) is 1.95. The molecule has 4 nitrogen and oxygen atoms in total. The van der Waals surface area contributed by atoms with Gasteiger partial charge in [-0.05, 0) is 23.6 Å². The van der Waals surface area contributed by atoms with Crippen molar-refractivity contribution in [2.45, 2.75) is 26.3 Å². The van der Waals surface area contributed by atoms with Crippen molar-refractivity contribution >= 4 is 0 Å². The first-order valence-electron chi connectivity index (χ1n) is 6.40. The molecule has 1 aromatic rings. The maximum atomic E-state index is 8.76. The summed E-state index contributed by atoms with van der Waals surface area (Å²) in [7, 11) is 0. The largest absolute Gasteiger partial charge is 0.329 e. The van der Waals surface area contributed by atoms with Crippen LogP contribution in [-0.4, -0.2) is 29.5 Å². The molecule has 1 atom stereocenters. The Hall–Kier alpha value is -1.44. The van der Waals surface area contributed by atoms with Crippen LogP contribution in [0.25, 0.3) is 0 Å². The van der Waals surface area contributed by atoms with Crippen molar-refractivity contribution in [2.24, 2.45) is 11.7 Å². The highest BCUT2D eigenvalue weighted by Crippen LogP contribution is 2.20. The van der Waals surface area contributed by atoms with E-state index in [0.717, 1.165) is 13.1 Å². The van der Waals surface area contributed by atoms with E-state index in [1.54, 1.807) is 12.4 Å². The van der Waals surface area contributed by atoms with E-state index in [4.69, 9.17) is 11.0 Å². The van der Waals surface area contributed by atoms with Gasteiger partial charge in [0.15, 0.2) is 0 Å². The molecule has 0 aromatic carbocycles. The van der Waals surface area contributed by atoms with Gasteiger partial charge in [0.25, 0.3) is 0 Å². The van der Waals surface area contributed by atoms with Gasteiger partial charge in [-0.1, -0.05) is 13.8 Å². The summed E-state index contributed by atoms with van der Waals surface area (Å²) in [5, 5.41) is 8.76. The summed E-state index contributed by atoms with van der Waals surface area (Å²) < 4.78 is 0. The second-order valence-corrected chi connectivity index (χ2v) is 4.83. The molecule has 0 fully saturated rings. The van der Waals surface area contributed by atoms with Crippen molar-refractivity contribution in [1.29, 1.82) is 5.26 Å². The normalized spacial score (nSPS) is 12.7. The van der Waals surface area contributed by atoms with E-state index in [1.807, 2.05) is 12.1 Å². The fourth-order valence-corrected chi connectivity index (χ4v) is 2.12. The number of nitrogens with two attached hydrogens (primary N) is 1. The Morgan fingerprint density at radius 2 is 2.06 bits per heavy atom. The molecule has 0 amide bonds. The number of rotatable bonds is 7. The summed E-state index contributed by atoms with van der Waals surface area (Å²) in [6.45, 7) is 6.63. The average Bonchev–Trinajstić information content (AvgIpc) is 2.37. The van der Waals surface area contributed by atoms with Gasteiger partial charge >= 0.3 is 0 Å². The van der Waals surface area contributed by atoms with Crippen molar-refractivity contribution in [3.05, 3.63) is 30.1 Å². The molecule has 1 rings (SSSR count). The molecule has 18 heavy (non-hydrogen) atoms. The molecule has 0 saturated heterocycles. The lowest BCUT2D eigenvalue weighted by atomic mass is 10.0. The molecular formula is C14H22N4. The number of nitrogens with zero attached hydrogens (tertiary/aromatic N) is 3. The van der Waals surface area contributed by atoms with Crippen molar-refractivity contribution < 1.29 is 0 Å². The fourth-order valence-electron chi connectivity index (χ4n) is 2.12. The first-order valence-corrected chi connectivity index (χ1v) is 6.40. The Labute approximate surface area is 109 Å². The van der Waals surface area contributed by atoms with Crippen LogP contribution in [-0.2, 0) is 0 Å². The van der Waals surface area contributed by atoms with Crippen LogP contribution in [0.1, 0.15) is 31.9 Å². The van der Waals surface area contributed by atoms with Gasteiger partial charge in [-0.15, -0.1) is 0 Å². The highest BCUT2D eigenvalue weighted by molar-refractivity contribution is 5.15. The highest BCUT2D eigenvalue weighted by Gasteiger charge is 2.19. The lowest BCUT2D eigenvalue weighted by Gasteiger charge is -2.32. The molecule has 1 unspecified atom stereocenters. The Balaban J connectivity index is 2.83. The van der Waals surface area contributed by atoms with Gasteiger partial charge in [0.05, 0.1) is 6.07 Å². The maximum absolute atomic E-state index is 8.76. The molecule has 0 spiro atoms. The van der Waals surface area contributed by atoms with Crippen molar-refractivity contribution in [3.8, 4) is 6.07 Å². The van der Waals surface area contributed by atoms with Crippen molar-refractivity contribution in [3.63, 3.8) is 0 Å². The van der Waals surface area contributed by atoms with Crippen LogP contribution in [0.15, 0.2) is 24.5 Å². The molecule has 0 saturated carbocycles. The topological polar surface area (TPSA) is 65.9 Å². The van der Waals surface area contributed by atoms with Crippen LogP contribution in [0.5, 0.6) is 0 Å². The summed E-state index contributed by atoms with van der Waals surface area (Å²) in [5.74, 6) is 0.555. The first-order chi connectivity index (χ1) is 8.69. The third kappa shape index (κ3) is 4.44. The maximum Gasteiger partial charge on any atom is 0.0635 e. The Kier molecular flexibility index (Phi) is 6.34. The van der Waals surface area contributed by atoms with E-state index in [2.05, 4.69) is 29.8 Å². The minimum Gasteiger partial charge on any atom is -0.329 e. The molecular weight excluding hydrogens is 224 g/mol. The molecule has 4 heteroatoms. The van der Waals surface area contributed by atoms with Gasteiger partial charge in [0.2, 0.25) is 0 Å². The number of hydrogen-bond acceptors (Lipinski definition) is 4. The summed E-state index contributed by atoms with van der Waals surface area (Å²) in [4.78, 5) is 6.33. The predicted molar refractivity (Wildman–Crippen MR) is 72.7 cm³/mol. The van der Waals surface area contributed by atoms with Crippen LogP contribution in [0.3, 0.4) is 0 Å². The van der Waals surface area contributed by atoms with Crippen molar-refractivity contribution in [2.75, 3.05) is 19.6 Å². The average molecular weight is 246 g/mol. The summed E-state index contributed by atoms with van der Waals surface area (Å²) in [5.41, 5.74) is 7.08. The van der Waals surface area contributed by atoms with Gasteiger partial charge in [-0.25, -0.2) is 0 Å². The minimum atomic E-state index is 0.170. The summed E-state index contributed by atoms with van der Waals surface area (Å²) in [6.07, 6.45) is 4.11. The third-order valence-electron chi connectivity index (χ3n) is 2.87. The Morgan fingerprint density at radius 3 is 2.56 bits per heavy atom. The molecule has 0 aliphatic carbocycles. The Morgan fingerprint density at radius 1 is 1.39 bits per heavy atom. The Bertz CT molecular complexity index is 369. The van der Waals surface area contributed by atoms with Crippen LogP contribution in [0, 0.1) is 17.2 Å². The van der Waals surface area contributed by atoms with Gasteiger partial charge in [-0.2, -0.15) is 5.26 Å². The lowest BCUT2D eigenvalue weighted by molar-refractivity contribution is 0.183. The second kappa shape index (κ2) is 7.80. The van der Waals surface area contributed by atoms with E-state index in [1.165, 1.54) is 5.56 Å². The number of aromatic nitrogens is 1. The van der Waals surface area contributed by atoms with Crippen LogP contribution < -0.4 is 5.73 Å². The molecule has 1 aromatic heterocycles. The van der Waals surface area contributed by atoms with E-state index >= 15 is 0 Å². The van der Waals surface area contributed by atoms with Gasteiger partial charge < -0.3 is 5.73 Å². The van der Waals surface area contributed by atoms with Gasteiger partial charge in [0.1, 0.15) is 0 Å². The van der Waals surface area contributed by atoms with E-state index in [0.29, 0.717) is 18.9 Å². The van der Waals surface area contributed by atoms with Gasteiger partial charge in [-0.3, -0.25) is 9.88 Å². The summed E-state index contributed by atoms with van der Waals surface area (Å²) in [6, 6.07) is 6.37. The lowest BCUT2D eigenvalue weighted by Crippen LogP contribution is -2.37. The first kappa shape index (κ1) is 14.6. The SMILES string of the molecule is CC(C)CN(CCC#N)C(CN)c1ccncc1. The number of nitriles is 1.